The second-order valence-corrected chi connectivity index (χ2v) is 2.64. The summed E-state index contributed by atoms with van der Waals surface area (Å²) in [6.07, 6.45) is 3.15. The van der Waals surface area contributed by atoms with Crippen molar-refractivity contribution < 1.29 is 13.8 Å². The SMILES string of the molecule is C=CCNO[PH](=O)ONCC=C. The molecule has 0 aliphatic rings. The van der Waals surface area contributed by atoms with Crippen LogP contribution >= 0.6 is 8.25 Å². The van der Waals surface area contributed by atoms with Gasteiger partial charge in [-0.3, -0.25) is 4.57 Å². The molecule has 70 valence electrons. The van der Waals surface area contributed by atoms with Crippen LogP contribution < -0.4 is 11.0 Å². The highest BCUT2D eigenvalue weighted by Gasteiger charge is 1.96. The summed E-state index contributed by atoms with van der Waals surface area (Å²) in [7, 11) is -2.50. The van der Waals surface area contributed by atoms with E-state index in [-0.39, 0.29) is 0 Å². The van der Waals surface area contributed by atoms with Gasteiger partial charge in [-0.1, -0.05) is 12.2 Å². The van der Waals surface area contributed by atoms with Crippen LogP contribution in [0, 0.1) is 0 Å². The second-order valence-electron chi connectivity index (χ2n) is 1.73. The molecule has 0 unspecified atom stereocenters. The molecule has 6 heteroatoms. The topological polar surface area (TPSA) is 59.6 Å². The molecule has 0 aromatic rings. The third-order valence-corrected chi connectivity index (χ3v) is 1.39. The van der Waals surface area contributed by atoms with Gasteiger partial charge in [0.1, 0.15) is 0 Å². The van der Waals surface area contributed by atoms with Crippen LogP contribution in [-0.4, -0.2) is 13.1 Å². The summed E-state index contributed by atoms with van der Waals surface area (Å²) in [6.45, 7) is 7.70. The number of hydrogen-bond acceptors (Lipinski definition) is 5. The third-order valence-electron chi connectivity index (χ3n) is 0.766. The number of nitrogens with one attached hydrogen (secondary N) is 2. The van der Waals surface area contributed by atoms with E-state index in [2.05, 4.69) is 33.4 Å². The molecular formula is C6H13N2O3P. The van der Waals surface area contributed by atoms with Crippen LogP contribution in [0.15, 0.2) is 25.3 Å². The van der Waals surface area contributed by atoms with E-state index in [4.69, 9.17) is 0 Å². The molecule has 0 aliphatic heterocycles. The highest BCUT2D eigenvalue weighted by atomic mass is 31.1. The van der Waals surface area contributed by atoms with Crippen molar-refractivity contribution in [2.75, 3.05) is 13.1 Å². The molecule has 0 amide bonds. The highest BCUT2D eigenvalue weighted by molar-refractivity contribution is 7.33. The van der Waals surface area contributed by atoms with E-state index >= 15 is 0 Å². The number of hydroxylamine groups is 2. The summed E-state index contributed by atoms with van der Waals surface area (Å²) in [5, 5.41) is 0. The van der Waals surface area contributed by atoms with Gasteiger partial charge in [0.05, 0.1) is 0 Å². The van der Waals surface area contributed by atoms with Crippen LogP contribution in [0.1, 0.15) is 0 Å². The second kappa shape index (κ2) is 8.64. The fraction of sp³-hybridized carbons (Fsp3) is 0.333. The van der Waals surface area contributed by atoms with Crippen molar-refractivity contribution in [3.63, 3.8) is 0 Å². The van der Waals surface area contributed by atoms with Gasteiger partial charge in [-0.25, -0.2) is 9.25 Å². The van der Waals surface area contributed by atoms with Gasteiger partial charge in [-0.2, -0.15) is 11.0 Å². The molecule has 5 nitrogen and oxygen atoms in total. The summed E-state index contributed by atoms with van der Waals surface area (Å²) in [5.41, 5.74) is 4.77. The van der Waals surface area contributed by atoms with Crippen LogP contribution in [0.3, 0.4) is 0 Å². The largest absolute Gasteiger partial charge is 0.351 e. The van der Waals surface area contributed by atoms with Gasteiger partial charge in [-0.15, -0.1) is 13.2 Å². The van der Waals surface area contributed by atoms with Crippen LogP contribution in [0.5, 0.6) is 0 Å². The Morgan fingerprint density at radius 1 is 1.17 bits per heavy atom. The van der Waals surface area contributed by atoms with E-state index in [9.17, 15) is 4.57 Å². The number of rotatable bonds is 8. The molecule has 12 heavy (non-hydrogen) atoms. The lowest BCUT2D eigenvalue weighted by molar-refractivity contribution is 0.128. The Morgan fingerprint density at radius 3 is 1.92 bits per heavy atom. The minimum absolute atomic E-state index is 0.418. The first-order valence-electron chi connectivity index (χ1n) is 3.36. The van der Waals surface area contributed by atoms with E-state index in [1.807, 2.05) is 0 Å². The third kappa shape index (κ3) is 7.65. The molecule has 0 spiro atoms. The molecule has 0 heterocycles. The predicted octanol–water partition coefficient (Wildman–Crippen LogP) is 0.790. The van der Waals surface area contributed by atoms with Crippen molar-refractivity contribution in [2.24, 2.45) is 0 Å². The Hall–Kier alpha value is -0.450. The number of hydrogen-bond donors (Lipinski definition) is 2. The standard InChI is InChI=1S/C6H13N2O3P/c1-3-5-7-10-12(9)11-8-6-4-2/h3-4,7-8,12H,1-2,5-6H2. The molecule has 0 radical (unpaired) electrons. The highest BCUT2D eigenvalue weighted by Crippen LogP contribution is 2.18. The maximum absolute atomic E-state index is 10.7. The Balaban J connectivity index is 3.21. The average Bonchev–Trinajstić information content (AvgIpc) is 2.06. The Morgan fingerprint density at radius 2 is 1.58 bits per heavy atom. The smallest absolute Gasteiger partial charge is 0.260 e. The van der Waals surface area contributed by atoms with Crippen molar-refractivity contribution in [1.29, 1.82) is 0 Å². The lowest BCUT2D eigenvalue weighted by Gasteiger charge is -2.03. The first-order valence-corrected chi connectivity index (χ1v) is 4.59. The molecule has 0 fully saturated rings. The molecule has 0 aromatic carbocycles. The normalized spacial score (nSPS) is 10.1. The van der Waals surface area contributed by atoms with E-state index in [0.717, 1.165) is 0 Å². The molecule has 0 aromatic heterocycles. The van der Waals surface area contributed by atoms with Gasteiger partial charge in [0, 0.05) is 13.1 Å². The summed E-state index contributed by atoms with van der Waals surface area (Å²) in [6, 6.07) is 0. The van der Waals surface area contributed by atoms with Gasteiger partial charge in [0.2, 0.25) is 0 Å². The van der Waals surface area contributed by atoms with Crippen molar-refractivity contribution in [3.05, 3.63) is 25.3 Å². The fourth-order valence-electron chi connectivity index (χ4n) is 0.340. The van der Waals surface area contributed by atoms with Crippen molar-refractivity contribution in [3.8, 4) is 0 Å². The molecular weight excluding hydrogens is 179 g/mol. The van der Waals surface area contributed by atoms with E-state index in [0.29, 0.717) is 13.1 Å². The lowest BCUT2D eigenvalue weighted by atomic mass is 10.7. The van der Waals surface area contributed by atoms with Gasteiger partial charge < -0.3 is 0 Å². The lowest BCUT2D eigenvalue weighted by Crippen LogP contribution is -2.14. The van der Waals surface area contributed by atoms with Crippen molar-refractivity contribution in [1.82, 2.24) is 11.0 Å². The molecule has 0 saturated heterocycles. The fourth-order valence-corrected chi connectivity index (χ4v) is 0.784. The molecule has 0 bridgehead atoms. The first kappa shape index (κ1) is 11.6. The summed E-state index contributed by atoms with van der Waals surface area (Å²) >= 11 is 0. The van der Waals surface area contributed by atoms with Crippen LogP contribution in [0.4, 0.5) is 0 Å². The van der Waals surface area contributed by atoms with Gasteiger partial charge in [0.15, 0.2) is 0 Å². The summed E-state index contributed by atoms with van der Waals surface area (Å²) < 4.78 is 19.8. The maximum atomic E-state index is 10.7. The van der Waals surface area contributed by atoms with Crippen LogP contribution in [0.25, 0.3) is 0 Å². The monoisotopic (exact) mass is 192 g/mol. The van der Waals surface area contributed by atoms with Gasteiger partial charge in [-0.05, 0) is 0 Å². The van der Waals surface area contributed by atoms with Gasteiger partial charge >= 0.3 is 8.25 Å². The zero-order chi connectivity index (χ0) is 9.23. The molecule has 2 N–H and O–H groups in total. The molecule has 0 aliphatic carbocycles. The first-order chi connectivity index (χ1) is 5.81. The Labute approximate surface area is 72.3 Å². The predicted molar refractivity (Wildman–Crippen MR) is 47.6 cm³/mol. The van der Waals surface area contributed by atoms with E-state index in [1.165, 1.54) is 0 Å². The van der Waals surface area contributed by atoms with E-state index < -0.39 is 8.25 Å². The Bertz CT molecular complexity index is 147. The van der Waals surface area contributed by atoms with Crippen molar-refractivity contribution >= 4 is 8.25 Å². The average molecular weight is 192 g/mol. The minimum Gasteiger partial charge on any atom is -0.260 e. The van der Waals surface area contributed by atoms with Crippen LogP contribution in [-0.2, 0) is 13.8 Å². The maximum Gasteiger partial charge on any atom is 0.351 e. The summed E-state index contributed by atoms with van der Waals surface area (Å²) in [5.74, 6) is 0. The quantitative estimate of drug-likeness (QED) is 0.258. The molecule has 0 saturated carbocycles. The van der Waals surface area contributed by atoms with E-state index in [1.54, 1.807) is 12.2 Å². The zero-order valence-electron chi connectivity index (χ0n) is 6.71. The van der Waals surface area contributed by atoms with Gasteiger partial charge in [0.25, 0.3) is 0 Å². The van der Waals surface area contributed by atoms with Crippen LogP contribution in [0.2, 0.25) is 0 Å². The summed E-state index contributed by atoms with van der Waals surface area (Å²) in [4.78, 5) is 0. The minimum atomic E-state index is -2.50. The Kier molecular flexibility index (Phi) is 8.32. The molecule has 0 rings (SSSR count). The zero-order valence-corrected chi connectivity index (χ0v) is 7.71. The van der Waals surface area contributed by atoms with Crippen molar-refractivity contribution in [2.45, 2.75) is 0 Å². The molecule has 0 atom stereocenters.